The molecular weight excluding hydrogens is 1640 g/mol. The molecule has 27 rings (SSSR count). The van der Waals surface area contributed by atoms with Gasteiger partial charge in [0.05, 0.1) is 67.8 Å². The number of para-hydroxylation sites is 4. The lowest BCUT2D eigenvalue weighted by atomic mass is 9.84. The molecule has 0 saturated heterocycles. The summed E-state index contributed by atoms with van der Waals surface area (Å²) in [6.07, 6.45) is 5.86. The highest BCUT2D eigenvalue weighted by molar-refractivity contribution is 6.26. The van der Waals surface area contributed by atoms with Gasteiger partial charge in [0.25, 0.3) is 0 Å². The number of hydrogen-bond acceptors (Lipinski definition) is 9. The Bertz CT molecular complexity index is 9330. The average molecular weight is 1720 g/mol. The van der Waals surface area contributed by atoms with Crippen LogP contribution in [0.2, 0.25) is 0 Å². The minimum atomic E-state index is 0.620. The second-order valence-corrected chi connectivity index (χ2v) is 34.0. The number of pyridine rings is 6. The van der Waals surface area contributed by atoms with E-state index in [4.69, 9.17) is 51.4 Å². The third kappa shape index (κ3) is 13.9. The van der Waals surface area contributed by atoms with Crippen LogP contribution < -0.4 is 0 Å². The fourth-order valence-corrected chi connectivity index (χ4v) is 19.9. The largest absolute Gasteiger partial charge is 0.309 e. The molecule has 626 valence electrons. The van der Waals surface area contributed by atoms with Gasteiger partial charge in [-0.1, -0.05) is 382 Å². The summed E-state index contributed by atoms with van der Waals surface area (Å²) in [5.41, 5.74) is 25.2. The molecule has 0 atom stereocenters. The Labute approximate surface area is 775 Å². The van der Waals surface area contributed by atoms with Gasteiger partial charge in [-0.3, -0.25) is 15.0 Å². The second kappa shape index (κ2) is 33.2. The summed E-state index contributed by atoms with van der Waals surface area (Å²) in [4.78, 5) is 48.5. The molecule has 0 radical (unpaired) electrons. The number of rotatable bonds is 10. The summed E-state index contributed by atoms with van der Waals surface area (Å²) in [7, 11) is 0. The monoisotopic (exact) mass is 1720 g/mol. The van der Waals surface area contributed by atoms with Crippen molar-refractivity contribution in [3.63, 3.8) is 0 Å². The summed E-state index contributed by atoms with van der Waals surface area (Å²) < 4.78 is 2.28. The van der Waals surface area contributed by atoms with Crippen molar-refractivity contribution in [2.45, 2.75) is 0 Å². The van der Waals surface area contributed by atoms with Crippen LogP contribution in [0.5, 0.6) is 0 Å². The van der Waals surface area contributed by atoms with Gasteiger partial charge in [-0.25, -0.2) is 34.7 Å². The van der Waals surface area contributed by atoms with Crippen molar-refractivity contribution in [3.8, 4) is 107 Å². The van der Waals surface area contributed by atoms with Crippen LogP contribution in [0.3, 0.4) is 0 Å². The first-order chi connectivity index (χ1) is 66.9. The lowest BCUT2D eigenvalue weighted by Crippen LogP contribution is -2.00. The van der Waals surface area contributed by atoms with E-state index in [0.29, 0.717) is 23.2 Å². The lowest BCUT2D eigenvalue weighted by molar-refractivity contribution is 1.07. The number of fused-ring (bicyclic) bond motifs is 21. The molecule has 0 fully saturated rings. The molecular formula is C124H75N11. The van der Waals surface area contributed by atoms with Gasteiger partial charge in [-0.2, -0.15) is 0 Å². The molecule has 0 aliphatic rings. The highest BCUT2D eigenvalue weighted by atomic mass is 15.0. The van der Waals surface area contributed by atoms with Crippen molar-refractivity contribution in [1.29, 1.82) is 0 Å². The van der Waals surface area contributed by atoms with Gasteiger partial charge in [0.15, 0.2) is 23.2 Å². The molecule has 27 aromatic rings. The molecule has 8 heterocycles. The van der Waals surface area contributed by atoms with Crippen LogP contribution in [0.15, 0.2) is 455 Å². The van der Waals surface area contributed by atoms with Crippen molar-refractivity contribution in [2.75, 3.05) is 0 Å². The van der Waals surface area contributed by atoms with Gasteiger partial charge in [0.2, 0.25) is 0 Å². The maximum Gasteiger partial charge on any atom is 0.188 e. The third-order valence-electron chi connectivity index (χ3n) is 26.2. The minimum Gasteiger partial charge on any atom is -0.309 e. The zero-order valence-corrected chi connectivity index (χ0v) is 72.7. The number of benzene rings is 19. The van der Waals surface area contributed by atoms with Crippen LogP contribution in [0, 0.1) is 6.57 Å². The van der Waals surface area contributed by atoms with Crippen molar-refractivity contribution < 1.29 is 0 Å². The molecule has 0 saturated carbocycles. The van der Waals surface area contributed by atoms with E-state index in [1.807, 2.05) is 116 Å². The van der Waals surface area contributed by atoms with Crippen LogP contribution in [-0.2, 0) is 0 Å². The van der Waals surface area contributed by atoms with E-state index in [9.17, 15) is 0 Å². The molecule has 19 aromatic carbocycles. The summed E-state index contributed by atoms with van der Waals surface area (Å²) in [5.74, 6) is 1.90. The highest BCUT2D eigenvalue weighted by Gasteiger charge is 2.24. The van der Waals surface area contributed by atoms with Gasteiger partial charge < -0.3 is 4.57 Å². The van der Waals surface area contributed by atoms with E-state index in [0.717, 1.165) is 171 Å². The zero-order valence-electron chi connectivity index (χ0n) is 72.7. The zero-order chi connectivity index (χ0) is 89.4. The predicted octanol–water partition coefficient (Wildman–Crippen LogP) is 32.1. The van der Waals surface area contributed by atoms with Crippen molar-refractivity contribution in [3.05, 3.63) is 467 Å². The highest BCUT2D eigenvalue weighted by Crippen LogP contribution is 2.48. The SMILES string of the molecule is [C-]#[N+]c1ccc2c(c1)c1cc(-c3ccc(-c4nc5ccccc5c5c4ncc4ccccc45)cc3)ccc1n2-c1ccccc1.c1ccc(-c2nc(-c3ccccc3)nc(-c3ccc(-c4nc5ccccc5c5c4ncc4ccccc45)cc3)n2)cc1.c1ccc2c(-c3c4ccccc4c(-c4ccc(-c5nc6ccccc6c6c5ncc5ccccc56)cc4)c4ccccc34)cccc2c1. The minimum absolute atomic E-state index is 0.620. The molecule has 0 N–H and O–H groups in total. The van der Waals surface area contributed by atoms with Gasteiger partial charge in [-0.05, 0) is 142 Å². The Morgan fingerprint density at radius 1 is 0.207 bits per heavy atom. The van der Waals surface area contributed by atoms with Crippen molar-refractivity contribution in [1.82, 2.24) is 49.4 Å². The summed E-state index contributed by atoms with van der Waals surface area (Å²) in [6, 6.07) is 152. The molecule has 0 amide bonds. The number of nitrogens with zero attached hydrogens (tertiary/aromatic N) is 11. The van der Waals surface area contributed by atoms with E-state index < -0.39 is 0 Å². The predicted molar refractivity (Wildman–Crippen MR) is 559 cm³/mol. The van der Waals surface area contributed by atoms with Crippen LogP contribution in [0.4, 0.5) is 5.69 Å². The summed E-state index contributed by atoms with van der Waals surface area (Å²) in [6.45, 7) is 7.61. The van der Waals surface area contributed by atoms with E-state index in [1.165, 1.54) is 70.7 Å². The fraction of sp³-hybridized carbons (Fsp3) is 0. The Balaban J connectivity index is 0.000000108. The van der Waals surface area contributed by atoms with E-state index in [1.54, 1.807) is 0 Å². The van der Waals surface area contributed by atoms with Crippen LogP contribution in [0.25, 0.3) is 264 Å². The van der Waals surface area contributed by atoms with Gasteiger partial charge in [0, 0.05) is 112 Å². The van der Waals surface area contributed by atoms with E-state index in [2.05, 4.69) is 349 Å². The van der Waals surface area contributed by atoms with Crippen LogP contribution >= 0.6 is 0 Å². The number of aromatic nitrogens is 10. The summed E-state index contributed by atoms with van der Waals surface area (Å²) >= 11 is 0. The van der Waals surface area contributed by atoms with Crippen LogP contribution in [-0.4, -0.2) is 49.4 Å². The average Bonchev–Trinajstić information content (AvgIpc) is 0.839. The smallest absolute Gasteiger partial charge is 0.188 e. The molecule has 11 heteroatoms. The standard InChI is InChI=1S/C46H28N2.C41H24N4.C37H23N5/c1-3-15-33-29(12-1)14-11-22-35(33)43-38-19-7-5-17-36(38)42(37-18-6-8-20-39(37)43)30-24-26-31(27-25-30)45-46-44(40-21-9-10-23-41(40)48-45)34-16-4-2-13-32(34)28-47-46;1-42-30-20-22-38-35(24-30)34-23-28(19-21-37(34)45(38)31-10-3-2-4-11-31)26-15-17-27(18-16-26)40-41-39(33-13-7-8-14-36(33)44-40)32-12-6-5-9-29(32)25-43-41;1-3-11-25(12-4-1)35-40-36(26-13-5-2-6-14-26)42-37(41-35)27-21-19-24(20-22-27)33-34-32(30-17-9-10-18-31(30)39-33)29-16-8-7-15-28(29)23-38-34/h1-28H;2-25H;1-23H. The quantitative estimate of drug-likeness (QED) is 0.0747. The van der Waals surface area contributed by atoms with Crippen LogP contribution in [0.1, 0.15) is 0 Å². The molecule has 11 nitrogen and oxygen atoms in total. The molecule has 8 aromatic heterocycles. The Morgan fingerprint density at radius 2 is 0.526 bits per heavy atom. The molecule has 0 aliphatic carbocycles. The maximum atomic E-state index is 7.61. The van der Waals surface area contributed by atoms with Gasteiger partial charge in [-0.15, -0.1) is 0 Å². The Hall–Kier alpha value is -18.5. The molecule has 0 unspecified atom stereocenters. The Kier molecular flexibility index (Phi) is 19.4. The van der Waals surface area contributed by atoms with Gasteiger partial charge >= 0.3 is 0 Å². The first kappa shape index (κ1) is 78.7. The Morgan fingerprint density at radius 3 is 0.963 bits per heavy atom. The van der Waals surface area contributed by atoms with Gasteiger partial charge in [0.1, 0.15) is 0 Å². The number of hydrogen-bond donors (Lipinski definition) is 0. The molecule has 0 aliphatic heterocycles. The first-order valence-corrected chi connectivity index (χ1v) is 45.2. The molecule has 135 heavy (non-hydrogen) atoms. The molecule has 0 spiro atoms. The first-order valence-electron chi connectivity index (χ1n) is 45.2. The normalized spacial score (nSPS) is 11.5. The topological polar surface area (TPSA) is 125 Å². The van der Waals surface area contributed by atoms with E-state index in [-0.39, 0.29) is 0 Å². The van der Waals surface area contributed by atoms with Crippen molar-refractivity contribution in [2.24, 2.45) is 0 Å². The van der Waals surface area contributed by atoms with E-state index >= 15 is 0 Å². The maximum absolute atomic E-state index is 7.61. The molecule has 0 bridgehead atoms. The lowest BCUT2D eigenvalue weighted by Gasteiger charge is -2.19. The summed E-state index contributed by atoms with van der Waals surface area (Å²) in [5, 5.41) is 23.4. The van der Waals surface area contributed by atoms with Crippen molar-refractivity contribution >= 4 is 158 Å². The second-order valence-electron chi connectivity index (χ2n) is 34.0. The third-order valence-corrected chi connectivity index (χ3v) is 26.2. The fourth-order valence-electron chi connectivity index (χ4n) is 19.9.